The molecule has 1 aliphatic rings. The third-order valence-corrected chi connectivity index (χ3v) is 2.93. The van der Waals surface area contributed by atoms with E-state index < -0.39 is 0 Å². The number of carbonyl (C=O) groups is 1. The second-order valence-corrected chi connectivity index (χ2v) is 3.72. The highest BCUT2D eigenvalue weighted by Gasteiger charge is 2.41. The molecule has 2 heteroatoms. The van der Waals surface area contributed by atoms with Crippen LogP contribution in [0.15, 0.2) is 0 Å². The lowest BCUT2D eigenvalue weighted by Gasteiger charge is -2.26. The van der Waals surface area contributed by atoms with E-state index in [9.17, 15) is 4.79 Å². The Labute approximate surface area is 73.5 Å². The first-order valence-corrected chi connectivity index (χ1v) is 4.33. The van der Waals surface area contributed by atoms with Gasteiger partial charge in [-0.25, -0.2) is 0 Å². The summed E-state index contributed by atoms with van der Waals surface area (Å²) in [6, 6.07) is 0.0124. The maximum Gasteiger partial charge on any atom is 0.152 e. The minimum absolute atomic E-state index is 0.0124. The smallest absolute Gasteiger partial charge is 0.152 e. The predicted molar refractivity (Wildman–Crippen MR) is 48.4 cm³/mol. The minimum atomic E-state index is -0.341. The van der Waals surface area contributed by atoms with Gasteiger partial charge in [0.15, 0.2) is 5.78 Å². The molecule has 2 nitrogen and oxygen atoms in total. The first-order valence-electron chi connectivity index (χ1n) is 4.33. The summed E-state index contributed by atoms with van der Waals surface area (Å²) in [5.74, 6) is 2.52. The van der Waals surface area contributed by atoms with Crippen molar-refractivity contribution < 1.29 is 4.79 Å². The number of hydrogen-bond acceptors (Lipinski definition) is 2. The summed E-state index contributed by atoms with van der Waals surface area (Å²) < 4.78 is 0. The van der Waals surface area contributed by atoms with E-state index in [0.29, 0.717) is 0 Å². The standard InChI is InChI=1S/C10H15NO/c1-3-5-9(12)10(2)7-4-6-8(10)11/h1,8H,4-7,11H2,2H3. The first-order chi connectivity index (χ1) is 5.61. The van der Waals surface area contributed by atoms with Gasteiger partial charge in [0.1, 0.15) is 0 Å². The quantitative estimate of drug-likeness (QED) is 0.622. The summed E-state index contributed by atoms with van der Waals surface area (Å²) in [6.07, 6.45) is 8.21. The Morgan fingerprint density at radius 3 is 2.92 bits per heavy atom. The van der Waals surface area contributed by atoms with Gasteiger partial charge in [-0.1, -0.05) is 19.3 Å². The van der Waals surface area contributed by atoms with Gasteiger partial charge in [0, 0.05) is 11.5 Å². The van der Waals surface area contributed by atoms with Crippen molar-refractivity contribution in [3.8, 4) is 12.3 Å². The number of hydrogen-bond donors (Lipinski definition) is 1. The third-order valence-electron chi connectivity index (χ3n) is 2.93. The van der Waals surface area contributed by atoms with E-state index in [4.69, 9.17) is 12.2 Å². The molecule has 2 atom stereocenters. The van der Waals surface area contributed by atoms with Crippen LogP contribution in [0.3, 0.4) is 0 Å². The van der Waals surface area contributed by atoms with Crippen LogP contribution in [-0.2, 0) is 4.79 Å². The van der Waals surface area contributed by atoms with Gasteiger partial charge in [0.2, 0.25) is 0 Å². The molecule has 1 saturated carbocycles. The zero-order valence-electron chi connectivity index (χ0n) is 7.47. The summed E-state index contributed by atoms with van der Waals surface area (Å²) >= 11 is 0. The van der Waals surface area contributed by atoms with Crippen LogP contribution in [0.25, 0.3) is 0 Å². The van der Waals surface area contributed by atoms with Gasteiger partial charge in [-0.05, 0) is 12.8 Å². The summed E-state index contributed by atoms with van der Waals surface area (Å²) in [5, 5.41) is 0. The summed E-state index contributed by atoms with van der Waals surface area (Å²) in [6.45, 7) is 1.93. The Kier molecular flexibility index (Phi) is 2.54. The average molecular weight is 165 g/mol. The molecule has 0 bridgehead atoms. The van der Waals surface area contributed by atoms with Gasteiger partial charge in [-0.15, -0.1) is 6.42 Å². The van der Waals surface area contributed by atoms with Gasteiger partial charge in [0.05, 0.1) is 6.42 Å². The van der Waals surface area contributed by atoms with E-state index in [1.54, 1.807) is 0 Å². The predicted octanol–water partition coefficient (Wildman–Crippen LogP) is 1.10. The fourth-order valence-corrected chi connectivity index (χ4v) is 1.83. The Morgan fingerprint density at radius 2 is 2.50 bits per heavy atom. The van der Waals surface area contributed by atoms with E-state index in [1.165, 1.54) is 0 Å². The van der Waals surface area contributed by atoms with Crippen molar-refractivity contribution in [2.75, 3.05) is 0 Å². The van der Waals surface area contributed by atoms with Crippen LogP contribution >= 0.6 is 0 Å². The van der Waals surface area contributed by atoms with E-state index >= 15 is 0 Å². The number of rotatable bonds is 2. The van der Waals surface area contributed by atoms with E-state index in [-0.39, 0.29) is 23.7 Å². The topological polar surface area (TPSA) is 43.1 Å². The van der Waals surface area contributed by atoms with Gasteiger partial charge in [-0.2, -0.15) is 0 Å². The molecule has 1 fully saturated rings. The summed E-state index contributed by atoms with van der Waals surface area (Å²) in [5.41, 5.74) is 5.51. The van der Waals surface area contributed by atoms with Crippen LogP contribution < -0.4 is 5.73 Å². The number of ketones is 1. The van der Waals surface area contributed by atoms with Crippen molar-refractivity contribution in [1.29, 1.82) is 0 Å². The number of nitrogens with two attached hydrogens (primary N) is 1. The van der Waals surface area contributed by atoms with E-state index in [0.717, 1.165) is 19.3 Å². The summed E-state index contributed by atoms with van der Waals surface area (Å²) in [7, 11) is 0. The molecule has 2 N–H and O–H groups in total. The van der Waals surface area contributed by atoms with E-state index in [1.807, 2.05) is 6.92 Å². The maximum atomic E-state index is 11.6. The fourth-order valence-electron chi connectivity index (χ4n) is 1.83. The molecular formula is C10H15NO. The minimum Gasteiger partial charge on any atom is -0.327 e. The lowest BCUT2D eigenvalue weighted by atomic mass is 9.79. The molecule has 66 valence electrons. The highest BCUT2D eigenvalue weighted by molar-refractivity contribution is 5.87. The van der Waals surface area contributed by atoms with Gasteiger partial charge in [0.25, 0.3) is 0 Å². The monoisotopic (exact) mass is 165 g/mol. The molecule has 12 heavy (non-hydrogen) atoms. The molecule has 0 aromatic heterocycles. The van der Waals surface area contributed by atoms with Crippen LogP contribution in [0.1, 0.15) is 32.6 Å². The number of Topliss-reactive ketones (excluding diaryl/α,β-unsaturated/α-hetero) is 1. The molecule has 0 aromatic rings. The normalized spacial score (nSPS) is 34.6. The van der Waals surface area contributed by atoms with Gasteiger partial charge in [-0.3, -0.25) is 4.79 Å². The van der Waals surface area contributed by atoms with E-state index in [2.05, 4.69) is 5.92 Å². The van der Waals surface area contributed by atoms with Crippen molar-refractivity contribution in [2.24, 2.45) is 11.1 Å². The zero-order chi connectivity index (χ0) is 9.19. The van der Waals surface area contributed by atoms with Crippen molar-refractivity contribution in [3.63, 3.8) is 0 Å². The van der Waals surface area contributed by atoms with Crippen LogP contribution in [-0.4, -0.2) is 11.8 Å². The van der Waals surface area contributed by atoms with Gasteiger partial charge < -0.3 is 5.73 Å². The van der Waals surface area contributed by atoms with Crippen molar-refractivity contribution >= 4 is 5.78 Å². The van der Waals surface area contributed by atoms with Crippen molar-refractivity contribution in [2.45, 2.75) is 38.6 Å². The molecule has 0 heterocycles. The number of terminal acetylenes is 1. The molecule has 0 saturated heterocycles. The van der Waals surface area contributed by atoms with Crippen LogP contribution in [0, 0.1) is 17.8 Å². The van der Waals surface area contributed by atoms with Crippen molar-refractivity contribution in [3.05, 3.63) is 0 Å². The molecule has 0 aromatic carbocycles. The second kappa shape index (κ2) is 3.28. The fraction of sp³-hybridized carbons (Fsp3) is 0.700. The molecule has 0 radical (unpaired) electrons. The first kappa shape index (κ1) is 9.28. The Hall–Kier alpha value is -0.810. The van der Waals surface area contributed by atoms with Crippen molar-refractivity contribution in [1.82, 2.24) is 0 Å². The second-order valence-electron chi connectivity index (χ2n) is 3.72. The Bertz CT molecular complexity index is 228. The Morgan fingerprint density at radius 1 is 1.83 bits per heavy atom. The molecular weight excluding hydrogens is 150 g/mol. The van der Waals surface area contributed by atoms with Crippen LogP contribution in [0.5, 0.6) is 0 Å². The highest BCUT2D eigenvalue weighted by Crippen LogP contribution is 2.38. The molecule has 0 aliphatic heterocycles. The molecule has 1 aliphatic carbocycles. The average Bonchev–Trinajstić information content (AvgIpc) is 2.34. The lowest BCUT2D eigenvalue weighted by molar-refractivity contribution is -0.127. The third kappa shape index (κ3) is 1.37. The highest BCUT2D eigenvalue weighted by atomic mass is 16.1. The van der Waals surface area contributed by atoms with Crippen LogP contribution in [0.2, 0.25) is 0 Å². The maximum absolute atomic E-state index is 11.6. The largest absolute Gasteiger partial charge is 0.327 e. The SMILES string of the molecule is C#CCC(=O)C1(C)CCCC1N. The van der Waals surface area contributed by atoms with Gasteiger partial charge >= 0.3 is 0 Å². The molecule has 2 unspecified atom stereocenters. The molecule has 1 rings (SSSR count). The Balaban J connectivity index is 2.71. The molecule has 0 amide bonds. The molecule has 0 spiro atoms. The lowest BCUT2D eigenvalue weighted by Crippen LogP contribution is -2.40. The van der Waals surface area contributed by atoms with Crippen LogP contribution in [0.4, 0.5) is 0 Å². The number of carbonyl (C=O) groups excluding carboxylic acids is 1. The summed E-state index contributed by atoms with van der Waals surface area (Å²) in [4.78, 5) is 11.6. The zero-order valence-corrected chi connectivity index (χ0v) is 7.47.